The van der Waals surface area contributed by atoms with Gasteiger partial charge in [0.15, 0.2) is 0 Å². The second-order valence-corrected chi connectivity index (χ2v) is 4.79. The van der Waals surface area contributed by atoms with Gasteiger partial charge in [0.1, 0.15) is 17.5 Å². The summed E-state index contributed by atoms with van der Waals surface area (Å²) in [6, 6.07) is 14.3. The Morgan fingerprint density at radius 1 is 1.05 bits per heavy atom. The van der Waals surface area contributed by atoms with Crippen molar-refractivity contribution in [3.05, 3.63) is 48.5 Å². The van der Waals surface area contributed by atoms with Crippen LogP contribution < -0.4 is 20.1 Å². The number of rotatable bonds is 6. The Labute approximate surface area is 130 Å². The number of methoxy groups -OCH3 is 2. The SMILES string of the molecule is COc1cccc(NC(=O)[C@@H](C)Nc2ccccc2OC)c1. The number of hydrogen-bond donors (Lipinski definition) is 2. The van der Waals surface area contributed by atoms with Crippen molar-refractivity contribution in [1.82, 2.24) is 0 Å². The third-order valence-electron chi connectivity index (χ3n) is 3.21. The first kappa shape index (κ1) is 15.7. The van der Waals surface area contributed by atoms with Crippen LogP contribution >= 0.6 is 0 Å². The highest BCUT2D eigenvalue weighted by Gasteiger charge is 2.14. The van der Waals surface area contributed by atoms with Gasteiger partial charge in [0.05, 0.1) is 19.9 Å². The summed E-state index contributed by atoms with van der Waals surface area (Å²) in [7, 11) is 3.19. The zero-order valence-corrected chi connectivity index (χ0v) is 12.9. The van der Waals surface area contributed by atoms with Crippen LogP contribution in [0.15, 0.2) is 48.5 Å². The van der Waals surface area contributed by atoms with Gasteiger partial charge in [-0.15, -0.1) is 0 Å². The maximum Gasteiger partial charge on any atom is 0.246 e. The summed E-state index contributed by atoms with van der Waals surface area (Å²) in [5.41, 5.74) is 1.47. The Morgan fingerprint density at radius 2 is 1.82 bits per heavy atom. The molecule has 0 aliphatic heterocycles. The minimum atomic E-state index is -0.414. The summed E-state index contributed by atoms with van der Waals surface area (Å²) < 4.78 is 10.4. The van der Waals surface area contributed by atoms with E-state index in [9.17, 15) is 4.79 Å². The van der Waals surface area contributed by atoms with Gasteiger partial charge in [-0.2, -0.15) is 0 Å². The quantitative estimate of drug-likeness (QED) is 0.860. The van der Waals surface area contributed by atoms with E-state index in [1.54, 1.807) is 27.2 Å². The van der Waals surface area contributed by atoms with Gasteiger partial charge in [0.25, 0.3) is 0 Å². The zero-order valence-electron chi connectivity index (χ0n) is 12.9. The van der Waals surface area contributed by atoms with Gasteiger partial charge in [0.2, 0.25) is 5.91 Å². The first-order valence-electron chi connectivity index (χ1n) is 6.98. The summed E-state index contributed by atoms with van der Waals surface area (Å²) >= 11 is 0. The fourth-order valence-electron chi connectivity index (χ4n) is 2.01. The highest BCUT2D eigenvalue weighted by molar-refractivity contribution is 5.96. The fraction of sp³-hybridized carbons (Fsp3) is 0.235. The monoisotopic (exact) mass is 300 g/mol. The van der Waals surface area contributed by atoms with Crippen LogP contribution in [0.2, 0.25) is 0 Å². The summed E-state index contributed by atoms with van der Waals surface area (Å²) in [4.78, 5) is 12.3. The average molecular weight is 300 g/mol. The fourth-order valence-corrected chi connectivity index (χ4v) is 2.01. The number of anilines is 2. The molecule has 2 aromatic rings. The summed E-state index contributed by atoms with van der Waals surface area (Å²) in [5.74, 6) is 1.26. The van der Waals surface area contributed by atoms with Gasteiger partial charge >= 0.3 is 0 Å². The average Bonchev–Trinajstić information content (AvgIpc) is 2.55. The van der Waals surface area contributed by atoms with Crippen molar-refractivity contribution in [3.63, 3.8) is 0 Å². The van der Waals surface area contributed by atoms with E-state index >= 15 is 0 Å². The van der Waals surface area contributed by atoms with Crippen LogP contribution in [0.1, 0.15) is 6.92 Å². The molecule has 5 heteroatoms. The van der Waals surface area contributed by atoms with E-state index in [0.717, 1.165) is 5.69 Å². The number of amides is 1. The lowest BCUT2D eigenvalue weighted by atomic mass is 10.2. The molecule has 5 nitrogen and oxygen atoms in total. The third kappa shape index (κ3) is 3.91. The van der Waals surface area contributed by atoms with E-state index in [1.165, 1.54) is 0 Å². The van der Waals surface area contributed by atoms with Crippen LogP contribution in [-0.2, 0) is 4.79 Å². The first-order chi connectivity index (χ1) is 10.6. The van der Waals surface area contributed by atoms with Crippen molar-refractivity contribution >= 4 is 17.3 Å². The zero-order chi connectivity index (χ0) is 15.9. The van der Waals surface area contributed by atoms with Crippen molar-refractivity contribution in [1.29, 1.82) is 0 Å². The smallest absolute Gasteiger partial charge is 0.246 e. The number of carbonyl (C=O) groups is 1. The maximum absolute atomic E-state index is 12.3. The molecule has 0 aliphatic rings. The number of benzene rings is 2. The number of hydrogen-bond acceptors (Lipinski definition) is 4. The van der Waals surface area contributed by atoms with Gasteiger partial charge in [-0.05, 0) is 31.2 Å². The topological polar surface area (TPSA) is 59.6 Å². The Kier molecular flexibility index (Phi) is 5.25. The van der Waals surface area contributed by atoms with Crippen LogP contribution in [0.25, 0.3) is 0 Å². The normalized spacial score (nSPS) is 11.4. The standard InChI is InChI=1S/C17H20N2O3/c1-12(18-15-9-4-5-10-16(15)22-3)17(20)19-13-7-6-8-14(11-13)21-2/h4-12,18H,1-3H3,(H,19,20)/t12-/m1/s1. The molecule has 2 N–H and O–H groups in total. The van der Waals surface area contributed by atoms with Crippen molar-refractivity contribution in [2.75, 3.05) is 24.9 Å². The Balaban J connectivity index is 2.02. The molecule has 0 radical (unpaired) electrons. The van der Waals surface area contributed by atoms with E-state index in [0.29, 0.717) is 17.2 Å². The van der Waals surface area contributed by atoms with Crippen molar-refractivity contribution < 1.29 is 14.3 Å². The van der Waals surface area contributed by atoms with E-state index in [4.69, 9.17) is 9.47 Å². The molecule has 0 bridgehead atoms. The number of nitrogens with one attached hydrogen (secondary N) is 2. The Morgan fingerprint density at radius 3 is 2.55 bits per heavy atom. The molecule has 0 fully saturated rings. The second kappa shape index (κ2) is 7.36. The molecule has 0 spiro atoms. The molecule has 22 heavy (non-hydrogen) atoms. The summed E-state index contributed by atoms with van der Waals surface area (Å²) in [6.07, 6.45) is 0. The molecule has 2 rings (SSSR count). The van der Waals surface area contributed by atoms with Crippen LogP contribution in [-0.4, -0.2) is 26.2 Å². The predicted molar refractivity (Wildman–Crippen MR) is 87.7 cm³/mol. The Hall–Kier alpha value is -2.69. The molecule has 0 heterocycles. The van der Waals surface area contributed by atoms with E-state index in [1.807, 2.05) is 42.5 Å². The lowest BCUT2D eigenvalue weighted by Crippen LogP contribution is -2.32. The number of carbonyl (C=O) groups excluding carboxylic acids is 1. The molecule has 0 unspecified atom stereocenters. The highest BCUT2D eigenvalue weighted by atomic mass is 16.5. The molecule has 116 valence electrons. The first-order valence-corrected chi connectivity index (χ1v) is 6.98. The molecule has 1 amide bonds. The second-order valence-electron chi connectivity index (χ2n) is 4.79. The van der Waals surface area contributed by atoms with Crippen LogP contribution in [0.5, 0.6) is 11.5 Å². The molecule has 0 aliphatic carbocycles. The van der Waals surface area contributed by atoms with Gasteiger partial charge in [-0.25, -0.2) is 0 Å². The van der Waals surface area contributed by atoms with Crippen molar-refractivity contribution in [2.45, 2.75) is 13.0 Å². The van der Waals surface area contributed by atoms with Crippen molar-refractivity contribution in [2.24, 2.45) is 0 Å². The lowest BCUT2D eigenvalue weighted by Gasteiger charge is -2.17. The summed E-state index contributed by atoms with van der Waals surface area (Å²) in [5, 5.41) is 5.99. The minimum Gasteiger partial charge on any atom is -0.497 e. The minimum absolute atomic E-state index is 0.140. The van der Waals surface area contributed by atoms with Gasteiger partial charge < -0.3 is 20.1 Å². The molecule has 0 saturated heterocycles. The largest absolute Gasteiger partial charge is 0.497 e. The van der Waals surface area contributed by atoms with E-state index in [2.05, 4.69) is 10.6 Å². The molecular weight excluding hydrogens is 280 g/mol. The van der Waals surface area contributed by atoms with Crippen LogP contribution in [0.3, 0.4) is 0 Å². The van der Waals surface area contributed by atoms with Crippen molar-refractivity contribution in [3.8, 4) is 11.5 Å². The van der Waals surface area contributed by atoms with E-state index in [-0.39, 0.29) is 5.91 Å². The number of para-hydroxylation sites is 2. The third-order valence-corrected chi connectivity index (χ3v) is 3.21. The predicted octanol–water partition coefficient (Wildman–Crippen LogP) is 3.14. The lowest BCUT2D eigenvalue weighted by molar-refractivity contribution is -0.116. The molecular formula is C17H20N2O3. The van der Waals surface area contributed by atoms with Crippen LogP contribution in [0.4, 0.5) is 11.4 Å². The highest BCUT2D eigenvalue weighted by Crippen LogP contribution is 2.24. The number of ether oxygens (including phenoxy) is 2. The maximum atomic E-state index is 12.3. The van der Waals surface area contributed by atoms with E-state index < -0.39 is 6.04 Å². The van der Waals surface area contributed by atoms with Gasteiger partial charge in [0, 0.05) is 11.8 Å². The molecule has 0 saturated carbocycles. The summed E-state index contributed by atoms with van der Waals surface area (Å²) in [6.45, 7) is 1.79. The van der Waals surface area contributed by atoms with Crippen LogP contribution in [0, 0.1) is 0 Å². The van der Waals surface area contributed by atoms with Gasteiger partial charge in [-0.3, -0.25) is 4.79 Å². The van der Waals surface area contributed by atoms with Gasteiger partial charge in [-0.1, -0.05) is 18.2 Å². The molecule has 1 atom stereocenters. The molecule has 0 aromatic heterocycles. The molecule has 2 aromatic carbocycles. The Bertz CT molecular complexity index is 643.